The molecule has 0 radical (unpaired) electrons. The van der Waals surface area contributed by atoms with Crippen molar-refractivity contribution >= 4 is 19.5 Å². The Kier molecular flexibility index (Phi) is 9.09. The number of ether oxygens (including phenoxy) is 4. The average molecular weight is 652 g/mol. The van der Waals surface area contributed by atoms with Crippen LogP contribution in [0.3, 0.4) is 0 Å². The lowest BCUT2D eigenvalue weighted by Crippen LogP contribution is -2.56. The van der Waals surface area contributed by atoms with Crippen molar-refractivity contribution in [3.63, 3.8) is 0 Å². The summed E-state index contributed by atoms with van der Waals surface area (Å²) in [6.07, 6.45) is 12.2. The molecule has 8 nitrogen and oxygen atoms in total. The molecule has 2 aliphatic heterocycles. The Morgan fingerprint density at radius 3 is 2.49 bits per heavy atom. The van der Waals surface area contributed by atoms with Gasteiger partial charge in [-0.25, -0.2) is 0 Å². The number of carboxylic acids is 1. The van der Waals surface area contributed by atoms with Crippen molar-refractivity contribution in [3.8, 4) is 0 Å². The Bertz CT molecular complexity index is 1110. The summed E-state index contributed by atoms with van der Waals surface area (Å²) in [4.78, 5) is 13.2. The summed E-state index contributed by atoms with van der Waals surface area (Å²) in [5.74, 6) is 2.01. The van der Waals surface area contributed by atoms with Crippen molar-refractivity contribution in [2.75, 3.05) is 32.8 Å². The van der Waals surface area contributed by atoms with Gasteiger partial charge in [0.1, 0.15) is 6.10 Å². The molecule has 7 rings (SSSR count). The summed E-state index contributed by atoms with van der Waals surface area (Å²) in [5.41, 5.74) is 0.435. The molecule has 7 fully saturated rings. The van der Waals surface area contributed by atoms with Crippen LogP contribution in [0.1, 0.15) is 106 Å². The minimum absolute atomic E-state index is 0. The van der Waals surface area contributed by atoms with E-state index in [4.69, 9.17) is 18.9 Å². The number of aliphatic carboxylic acids is 1. The monoisotopic (exact) mass is 651 g/mol. The molecule has 2 heterocycles. The third kappa shape index (κ3) is 5.36. The van der Waals surface area contributed by atoms with Crippen LogP contribution in [0.15, 0.2) is 0 Å². The number of carbonyl (C=O) groups is 1. The molecule has 0 bridgehead atoms. The van der Waals surface area contributed by atoms with Crippen LogP contribution >= 0.6 is 13.5 Å². The van der Waals surface area contributed by atoms with E-state index < -0.39 is 11.6 Å². The number of carboxylic acid groups (broad SMARTS) is 1. The van der Waals surface area contributed by atoms with Gasteiger partial charge in [0.15, 0.2) is 6.29 Å². The zero-order valence-corrected chi connectivity index (χ0v) is 29.7. The lowest BCUT2D eigenvalue weighted by molar-refractivity contribution is -0.245. The molecule has 7 aliphatic rings. The number of rotatable bonds is 8. The second-order valence-electron chi connectivity index (χ2n) is 17.4. The first-order valence-corrected chi connectivity index (χ1v) is 18.0. The normalized spacial score (nSPS) is 47.6. The molecule has 0 amide bonds. The fourth-order valence-corrected chi connectivity index (χ4v) is 12.9. The summed E-state index contributed by atoms with van der Waals surface area (Å²) in [7, 11) is 0. The molecule has 2 N–H and O–H groups in total. The highest BCUT2D eigenvalue weighted by molar-refractivity contribution is 7.59. The summed E-state index contributed by atoms with van der Waals surface area (Å²) < 4.78 is 25.8. The molecule has 5 aliphatic carbocycles. The summed E-state index contributed by atoms with van der Waals surface area (Å²) in [5, 5.41) is 20.2. The molecule has 12 atom stereocenters. The van der Waals surface area contributed by atoms with E-state index in [1.54, 1.807) is 0 Å². The van der Waals surface area contributed by atoms with Crippen LogP contribution in [0, 0.1) is 45.3 Å². The number of nitrogens with zero attached hydrogens (tertiary/aromatic N) is 1. The van der Waals surface area contributed by atoms with Crippen molar-refractivity contribution in [1.29, 1.82) is 0 Å². The van der Waals surface area contributed by atoms with Crippen LogP contribution in [0.25, 0.3) is 0 Å². The Hall–Kier alpha value is -0.420. The minimum Gasteiger partial charge on any atom is -0.480 e. The molecule has 0 aromatic carbocycles. The van der Waals surface area contributed by atoms with Crippen LogP contribution < -0.4 is 0 Å². The van der Waals surface area contributed by atoms with Gasteiger partial charge in [-0.2, -0.15) is 13.5 Å². The maximum atomic E-state index is 11.3. The number of hydrogen-bond acceptors (Lipinski definition) is 7. The van der Waals surface area contributed by atoms with E-state index in [2.05, 4.69) is 20.8 Å². The molecule has 9 heteroatoms. The van der Waals surface area contributed by atoms with Crippen LogP contribution in [-0.2, 0) is 23.7 Å². The Morgan fingerprint density at radius 1 is 1.02 bits per heavy atom. The van der Waals surface area contributed by atoms with Gasteiger partial charge in [-0.3, -0.25) is 9.69 Å². The smallest absolute Gasteiger partial charge is 0.317 e. The quantitative estimate of drug-likeness (QED) is 0.350. The van der Waals surface area contributed by atoms with Crippen molar-refractivity contribution in [2.45, 2.75) is 142 Å². The highest BCUT2D eigenvalue weighted by Crippen LogP contribution is 2.87. The SMILES string of the molecule is CCO[C@@H](C1CCC2C(CC3C4CCC5C(C)(C)[C@@H](OC6CN(CC(=O)O)CCO6)CCC56C[C@@]46CCC23C)O1)C(C)(C)O.S. The van der Waals surface area contributed by atoms with E-state index in [-0.39, 0.29) is 56.2 Å². The van der Waals surface area contributed by atoms with Gasteiger partial charge in [-0.05, 0) is 130 Å². The molecule has 5 saturated carbocycles. The van der Waals surface area contributed by atoms with Crippen molar-refractivity contribution in [3.05, 3.63) is 0 Å². The molecule has 2 spiro atoms. The molecule has 0 aromatic rings. The molecule has 258 valence electrons. The van der Waals surface area contributed by atoms with Gasteiger partial charge < -0.3 is 29.2 Å². The lowest BCUT2D eigenvalue weighted by Gasteiger charge is -2.60. The molecule has 9 unspecified atom stereocenters. The Balaban J connectivity index is 0.00000357. The zero-order valence-electron chi connectivity index (χ0n) is 28.7. The molecule has 45 heavy (non-hydrogen) atoms. The standard InChI is InChI=1S/C36H59NO7.H2S/c1-7-41-31(33(4,5)40)25-10-8-23-26(43-25)18-24-22-9-11-27-32(2,3)28(44-30-20-37(16-17-42-30)19-29(38)39)12-13-36(27)21-35(22,36)15-14-34(23,24)6;/h22-28,30-31,40H,7-21H2,1-6H3,(H,38,39);1H2/t22?,23?,24?,25?,26?,27?,28-,30?,31-,34?,35-,36?;/m0./s1. The van der Waals surface area contributed by atoms with Gasteiger partial charge >= 0.3 is 5.97 Å². The van der Waals surface area contributed by atoms with Crippen LogP contribution in [0.2, 0.25) is 0 Å². The van der Waals surface area contributed by atoms with Crippen LogP contribution in [0.5, 0.6) is 0 Å². The van der Waals surface area contributed by atoms with Gasteiger partial charge in [-0.15, -0.1) is 0 Å². The molecular formula is C36H61NO7S. The average Bonchev–Trinajstić information content (AvgIpc) is 3.52. The van der Waals surface area contributed by atoms with Gasteiger partial charge in [0.2, 0.25) is 0 Å². The van der Waals surface area contributed by atoms with E-state index in [0.717, 1.165) is 24.7 Å². The third-order valence-corrected chi connectivity index (χ3v) is 14.7. The van der Waals surface area contributed by atoms with Crippen molar-refractivity contribution in [2.24, 2.45) is 45.3 Å². The fourth-order valence-electron chi connectivity index (χ4n) is 12.9. The Morgan fingerprint density at radius 2 is 1.78 bits per heavy atom. The first-order valence-electron chi connectivity index (χ1n) is 18.0. The van der Waals surface area contributed by atoms with Crippen molar-refractivity contribution < 1.29 is 34.0 Å². The van der Waals surface area contributed by atoms with E-state index in [1.807, 2.05) is 25.7 Å². The largest absolute Gasteiger partial charge is 0.480 e. The topological polar surface area (TPSA) is 97.7 Å². The second-order valence-corrected chi connectivity index (χ2v) is 17.4. The first-order chi connectivity index (χ1) is 20.7. The van der Waals surface area contributed by atoms with E-state index >= 15 is 0 Å². The number of aliphatic hydroxyl groups is 1. The van der Waals surface area contributed by atoms with E-state index in [0.29, 0.717) is 54.4 Å². The number of hydrogen-bond donors (Lipinski definition) is 2. The van der Waals surface area contributed by atoms with Crippen LogP contribution in [-0.4, -0.2) is 90.2 Å². The van der Waals surface area contributed by atoms with Gasteiger partial charge in [-0.1, -0.05) is 20.8 Å². The molecular weight excluding hydrogens is 590 g/mol. The minimum atomic E-state index is -0.915. The summed E-state index contributed by atoms with van der Waals surface area (Å²) in [6.45, 7) is 15.6. The summed E-state index contributed by atoms with van der Waals surface area (Å²) >= 11 is 0. The van der Waals surface area contributed by atoms with E-state index in [1.165, 1.54) is 51.4 Å². The number of fused-ring (bicyclic) bond motifs is 4. The molecule has 0 aromatic heterocycles. The summed E-state index contributed by atoms with van der Waals surface area (Å²) in [6, 6.07) is 0. The second kappa shape index (κ2) is 11.9. The van der Waals surface area contributed by atoms with Crippen LogP contribution in [0.4, 0.5) is 0 Å². The highest BCUT2D eigenvalue weighted by Gasteiger charge is 2.80. The maximum Gasteiger partial charge on any atom is 0.317 e. The first kappa shape index (κ1) is 34.4. The van der Waals surface area contributed by atoms with Gasteiger partial charge in [0, 0.05) is 13.2 Å². The highest BCUT2D eigenvalue weighted by atomic mass is 32.1. The number of morpholine rings is 1. The van der Waals surface area contributed by atoms with E-state index in [9.17, 15) is 15.0 Å². The predicted octanol–water partition coefficient (Wildman–Crippen LogP) is 5.61. The van der Waals surface area contributed by atoms with Crippen molar-refractivity contribution in [1.82, 2.24) is 4.90 Å². The third-order valence-electron chi connectivity index (χ3n) is 14.7. The van der Waals surface area contributed by atoms with Gasteiger partial charge in [0.05, 0.1) is 43.6 Å². The lowest BCUT2D eigenvalue weighted by atomic mass is 9.46. The molecule has 2 saturated heterocycles. The maximum absolute atomic E-state index is 11.3. The fraction of sp³-hybridized carbons (Fsp3) is 0.972. The van der Waals surface area contributed by atoms with Gasteiger partial charge in [0.25, 0.3) is 0 Å². The Labute approximate surface area is 278 Å². The predicted molar refractivity (Wildman–Crippen MR) is 176 cm³/mol. The zero-order chi connectivity index (χ0) is 31.3.